The Kier molecular flexibility index (Phi) is 2.55. The van der Waals surface area contributed by atoms with E-state index in [9.17, 15) is 5.11 Å². The molecule has 1 rings (SSSR count). The fourth-order valence-electron chi connectivity index (χ4n) is 1.58. The Morgan fingerprint density at radius 3 is 2.36 bits per heavy atom. The molecule has 1 aliphatic rings. The maximum absolute atomic E-state index is 9.83. The topological polar surface area (TPSA) is 46.2 Å². The Bertz CT molecular complexity index is 128. The summed E-state index contributed by atoms with van der Waals surface area (Å²) in [6.45, 7) is 4.86. The molecule has 2 atom stereocenters. The van der Waals surface area contributed by atoms with Crippen LogP contribution in [0.2, 0.25) is 0 Å². The van der Waals surface area contributed by atoms with Crippen molar-refractivity contribution in [2.45, 2.75) is 39.2 Å². The van der Waals surface area contributed by atoms with Crippen LogP contribution in [-0.2, 0) is 0 Å². The second kappa shape index (κ2) is 3.11. The highest BCUT2D eigenvalue weighted by molar-refractivity contribution is 4.97. The SMILES string of the molecule is CCC(CN)C(O)C1(C)CC1. The van der Waals surface area contributed by atoms with Gasteiger partial charge in [0.25, 0.3) is 0 Å². The summed E-state index contributed by atoms with van der Waals surface area (Å²) in [5.74, 6) is 0.308. The van der Waals surface area contributed by atoms with Crippen molar-refractivity contribution in [3.63, 3.8) is 0 Å². The summed E-state index contributed by atoms with van der Waals surface area (Å²) >= 11 is 0. The Balaban J connectivity index is 2.44. The second-order valence-corrected chi connectivity index (χ2v) is 4.00. The van der Waals surface area contributed by atoms with Crippen LogP contribution in [0, 0.1) is 11.3 Å². The van der Waals surface area contributed by atoms with E-state index in [1.807, 2.05) is 0 Å². The largest absolute Gasteiger partial charge is 0.392 e. The van der Waals surface area contributed by atoms with E-state index >= 15 is 0 Å². The molecule has 1 aliphatic carbocycles. The summed E-state index contributed by atoms with van der Waals surface area (Å²) in [5, 5.41) is 9.83. The summed E-state index contributed by atoms with van der Waals surface area (Å²) in [7, 11) is 0. The molecule has 66 valence electrons. The zero-order valence-corrected chi connectivity index (χ0v) is 7.51. The number of rotatable bonds is 4. The van der Waals surface area contributed by atoms with Crippen LogP contribution in [0.5, 0.6) is 0 Å². The molecular formula is C9H19NO. The first kappa shape index (κ1) is 9.01. The Hall–Kier alpha value is -0.0800. The van der Waals surface area contributed by atoms with Gasteiger partial charge in [-0.3, -0.25) is 0 Å². The van der Waals surface area contributed by atoms with Crippen molar-refractivity contribution in [3.05, 3.63) is 0 Å². The fourth-order valence-corrected chi connectivity index (χ4v) is 1.58. The normalized spacial score (nSPS) is 26.2. The number of hydrogen-bond donors (Lipinski definition) is 2. The Morgan fingerprint density at radius 2 is 2.09 bits per heavy atom. The molecule has 2 unspecified atom stereocenters. The third-order valence-corrected chi connectivity index (χ3v) is 3.03. The van der Waals surface area contributed by atoms with Crippen molar-refractivity contribution in [3.8, 4) is 0 Å². The minimum Gasteiger partial charge on any atom is -0.392 e. The van der Waals surface area contributed by atoms with Gasteiger partial charge in [-0.15, -0.1) is 0 Å². The van der Waals surface area contributed by atoms with Crippen molar-refractivity contribution in [2.75, 3.05) is 6.54 Å². The molecule has 0 aliphatic heterocycles. The highest BCUT2D eigenvalue weighted by atomic mass is 16.3. The van der Waals surface area contributed by atoms with Crippen molar-refractivity contribution in [1.29, 1.82) is 0 Å². The Morgan fingerprint density at radius 1 is 1.55 bits per heavy atom. The quantitative estimate of drug-likeness (QED) is 0.642. The van der Waals surface area contributed by atoms with Crippen LogP contribution in [0.4, 0.5) is 0 Å². The van der Waals surface area contributed by atoms with Gasteiger partial charge in [0.2, 0.25) is 0 Å². The summed E-state index contributed by atoms with van der Waals surface area (Å²) in [4.78, 5) is 0. The van der Waals surface area contributed by atoms with E-state index in [-0.39, 0.29) is 11.5 Å². The lowest BCUT2D eigenvalue weighted by Gasteiger charge is -2.25. The van der Waals surface area contributed by atoms with Crippen LogP contribution < -0.4 is 5.73 Å². The van der Waals surface area contributed by atoms with Crippen LogP contribution in [0.1, 0.15) is 33.1 Å². The summed E-state index contributed by atoms with van der Waals surface area (Å²) in [6, 6.07) is 0. The van der Waals surface area contributed by atoms with Gasteiger partial charge in [-0.25, -0.2) is 0 Å². The highest BCUT2D eigenvalue weighted by Gasteiger charge is 2.46. The summed E-state index contributed by atoms with van der Waals surface area (Å²) < 4.78 is 0. The molecule has 3 N–H and O–H groups in total. The lowest BCUT2D eigenvalue weighted by Crippen LogP contribution is -2.33. The molecule has 0 heterocycles. The van der Waals surface area contributed by atoms with E-state index < -0.39 is 0 Å². The average molecular weight is 157 g/mol. The van der Waals surface area contributed by atoms with Crippen molar-refractivity contribution in [1.82, 2.24) is 0 Å². The third kappa shape index (κ3) is 1.74. The molecule has 1 saturated carbocycles. The van der Waals surface area contributed by atoms with Gasteiger partial charge in [0.15, 0.2) is 0 Å². The van der Waals surface area contributed by atoms with Gasteiger partial charge in [-0.05, 0) is 37.1 Å². The van der Waals surface area contributed by atoms with E-state index in [2.05, 4.69) is 13.8 Å². The molecule has 11 heavy (non-hydrogen) atoms. The van der Waals surface area contributed by atoms with Gasteiger partial charge in [-0.2, -0.15) is 0 Å². The maximum atomic E-state index is 9.83. The number of nitrogens with two attached hydrogens (primary N) is 1. The molecule has 0 aromatic heterocycles. The first-order chi connectivity index (χ1) is 5.14. The van der Waals surface area contributed by atoms with E-state index in [1.165, 1.54) is 12.8 Å². The average Bonchev–Trinajstić information content (AvgIpc) is 2.72. The second-order valence-electron chi connectivity index (χ2n) is 4.00. The molecular weight excluding hydrogens is 138 g/mol. The summed E-state index contributed by atoms with van der Waals surface area (Å²) in [6.07, 6.45) is 3.17. The third-order valence-electron chi connectivity index (χ3n) is 3.03. The minimum atomic E-state index is -0.169. The van der Waals surface area contributed by atoms with Crippen LogP contribution >= 0.6 is 0 Å². The standard InChI is InChI=1S/C9H19NO/c1-3-7(6-10)8(11)9(2)4-5-9/h7-8,11H,3-6,10H2,1-2H3. The van der Waals surface area contributed by atoms with E-state index in [4.69, 9.17) is 5.73 Å². The predicted octanol–water partition coefficient (Wildman–Crippen LogP) is 1.13. The molecule has 0 spiro atoms. The van der Waals surface area contributed by atoms with Crippen molar-refractivity contribution >= 4 is 0 Å². The smallest absolute Gasteiger partial charge is 0.0633 e. The number of hydrogen-bond acceptors (Lipinski definition) is 2. The van der Waals surface area contributed by atoms with E-state index in [1.54, 1.807) is 0 Å². The molecule has 0 amide bonds. The fraction of sp³-hybridized carbons (Fsp3) is 1.00. The van der Waals surface area contributed by atoms with Gasteiger partial charge in [0.05, 0.1) is 6.10 Å². The molecule has 0 aromatic carbocycles. The zero-order valence-electron chi connectivity index (χ0n) is 7.51. The van der Waals surface area contributed by atoms with Crippen LogP contribution in [0.25, 0.3) is 0 Å². The summed E-state index contributed by atoms with van der Waals surface area (Å²) in [5.41, 5.74) is 5.76. The van der Waals surface area contributed by atoms with E-state index in [0.717, 1.165) is 6.42 Å². The maximum Gasteiger partial charge on any atom is 0.0633 e. The molecule has 0 radical (unpaired) electrons. The number of aliphatic hydroxyl groups is 1. The van der Waals surface area contributed by atoms with Gasteiger partial charge in [0, 0.05) is 0 Å². The molecule has 0 saturated heterocycles. The van der Waals surface area contributed by atoms with Gasteiger partial charge < -0.3 is 10.8 Å². The first-order valence-electron chi connectivity index (χ1n) is 4.52. The molecule has 0 aromatic rings. The first-order valence-corrected chi connectivity index (χ1v) is 4.52. The highest BCUT2D eigenvalue weighted by Crippen LogP contribution is 2.50. The predicted molar refractivity (Wildman–Crippen MR) is 46.2 cm³/mol. The van der Waals surface area contributed by atoms with Gasteiger partial charge in [0.1, 0.15) is 0 Å². The van der Waals surface area contributed by atoms with Crippen molar-refractivity contribution < 1.29 is 5.11 Å². The monoisotopic (exact) mass is 157 g/mol. The van der Waals surface area contributed by atoms with Crippen LogP contribution in [-0.4, -0.2) is 17.8 Å². The van der Waals surface area contributed by atoms with Crippen molar-refractivity contribution in [2.24, 2.45) is 17.1 Å². The molecule has 1 fully saturated rings. The zero-order chi connectivity index (χ0) is 8.48. The van der Waals surface area contributed by atoms with Crippen LogP contribution in [0.15, 0.2) is 0 Å². The van der Waals surface area contributed by atoms with Gasteiger partial charge >= 0.3 is 0 Å². The van der Waals surface area contributed by atoms with E-state index in [0.29, 0.717) is 12.5 Å². The van der Waals surface area contributed by atoms with Crippen LogP contribution in [0.3, 0.4) is 0 Å². The minimum absolute atomic E-state index is 0.169. The lowest BCUT2D eigenvalue weighted by molar-refractivity contribution is 0.0466. The Labute approximate surface area is 68.8 Å². The lowest BCUT2D eigenvalue weighted by atomic mass is 9.88. The molecule has 0 bridgehead atoms. The number of aliphatic hydroxyl groups excluding tert-OH is 1. The molecule has 2 nitrogen and oxygen atoms in total. The molecule has 2 heteroatoms. The van der Waals surface area contributed by atoms with Gasteiger partial charge in [-0.1, -0.05) is 13.8 Å².